The van der Waals surface area contributed by atoms with Crippen molar-refractivity contribution in [2.75, 3.05) is 49.5 Å². The molecule has 7 heteroatoms. The van der Waals surface area contributed by atoms with Gasteiger partial charge in [-0.05, 0) is 19.3 Å². The molecule has 7 nitrogen and oxygen atoms in total. The highest BCUT2D eigenvalue weighted by Gasteiger charge is 2.22. The number of rotatable bonds is 4. The number of morpholine rings is 1. The first kappa shape index (κ1) is 16.0. The Kier molecular flexibility index (Phi) is 5.27. The number of amides is 1. The second kappa shape index (κ2) is 7.59. The van der Waals surface area contributed by atoms with Crippen LogP contribution in [0.2, 0.25) is 0 Å². The molecule has 2 aliphatic rings. The van der Waals surface area contributed by atoms with Crippen molar-refractivity contribution in [3.8, 4) is 0 Å². The van der Waals surface area contributed by atoms with Gasteiger partial charge in [0.05, 0.1) is 12.7 Å². The highest BCUT2D eigenvalue weighted by molar-refractivity contribution is 5.73. The average Bonchev–Trinajstić information content (AvgIpc) is 2.61. The van der Waals surface area contributed by atoms with E-state index < -0.39 is 0 Å². The molecule has 1 amide bonds. The van der Waals surface area contributed by atoms with Crippen molar-refractivity contribution >= 4 is 17.5 Å². The molecule has 2 aliphatic heterocycles. The summed E-state index contributed by atoms with van der Waals surface area (Å²) in [5.74, 6) is 1.90. The molecule has 0 bridgehead atoms. The Morgan fingerprint density at radius 2 is 2.13 bits per heavy atom. The lowest BCUT2D eigenvalue weighted by Crippen LogP contribution is -2.47. The molecular weight excluding hydrogens is 294 g/mol. The van der Waals surface area contributed by atoms with Crippen LogP contribution < -0.4 is 10.2 Å². The third kappa shape index (κ3) is 4.31. The summed E-state index contributed by atoms with van der Waals surface area (Å²) in [6.45, 7) is 6.27. The van der Waals surface area contributed by atoms with Crippen LogP contribution in [-0.2, 0) is 9.53 Å². The molecule has 2 fully saturated rings. The summed E-state index contributed by atoms with van der Waals surface area (Å²) in [4.78, 5) is 24.3. The van der Waals surface area contributed by atoms with E-state index in [9.17, 15) is 4.79 Å². The van der Waals surface area contributed by atoms with E-state index in [1.54, 1.807) is 13.3 Å². The lowest BCUT2D eigenvalue weighted by atomic mass is 10.1. The summed E-state index contributed by atoms with van der Waals surface area (Å²) in [7, 11) is 0. The van der Waals surface area contributed by atoms with Crippen molar-refractivity contribution in [2.24, 2.45) is 0 Å². The topological polar surface area (TPSA) is 70.6 Å². The highest BCUT2D eigenvalue weighted by Crippen LogP contribution is 2.19. The zero-order valence-electron chi connectivity index (χ0n) is 13.7. The molecule has 3 rings (SSSR count). The van der Waals surface area contributed by atoms with Crippen molar-refractivity contribution < 1.29 is 9.53 Å². The Balaban J connectivity index is 1.54. The second-order valence-corrected chi connectivity index (χ2v) is 6.15. The van der Waals surface area contributed by atoms with Gasteiger partial charge in [0.1, 0.15) is 18.0 Å². The molecule has 0 radical (unpaired) electrons. The summed E-state index contributed by atoms with van der Waals surface area (Å²) >= 11 is 0. The van der Waals surface area contributed by atoms with Crippen LogP contribution in [0.25, 0.3) is 0 Å². The number of ether oxygens (including phenoxy) is 1. The maximum atomic E-state index is 11.5. The third-order valence-corrected chi connectivity index (χ3v) is 4.43. The van der Waals surface area contributed by atoms with Crippen molar-refractivity contribution in [1.82, 2.24) is 14.9 Å². The molecule has 0 unspecified atom stereocenters. The molecule has 0 aromatic carbocycles. The Hall–Kier alpha value is -1.89. The van der Waals surface area contributed by atoms with Gasteiger partial charge in [0, 0.05) is 45.7 Å². The molecule has 3 heterocycles. The normalized spacial score (nSPS) is 22.0. The Morgan fingerprint density at radius 1 is 1.30 bits per heavy atom. The van der Waals surface area contributed by atoms with E-state index in [0.29, 0.717) is 26.2 Å². The fourth-order valence-corrected chi connectivity index (χ4v) is 3.09. The monoisotopic (exact) mass is 319 g/mol. The van der Waals surface area contributed by atoms with Gasteiger partial charge in [0.15, 0.2) is 0 Å². The van der Waals surface area contributed by atoms with Gasteiger partial charge in [0.2, 0.25) is 5.91 Å². The van der Waals surface area contributed by atoms with Crippen molar-refractivity contribution in [2.45, 2.75) is 32.3 Å². The third-order valence-electron chi connectivity index (χ3n) is 4.43. The minimum absolute atomic E-state index is 0.000974. The minimum Gasteiger partial charge on any atom is -0.373 e. The molecule has 1 N–H and O–H groups in total. The number of carbonyl (C=O) groups excluding carboxylic acids is 1. The molecule has 0 spiro atoms. The summed E-state index contributed by atoms with van der Waals surface area (Å²) in [5, 5.41) is 3.31. The summed E-state index contributed by atoms with van der Waals surface area (Å²) in [6.07, 6.45) is 5.36. The predicted octanol–water partition coefficient (Wildman–Crippen LogP) is 1.13. The van der Waals surface area contributed by atoms with Crippen LogP contribution >= 0.6 is 0 Å². The smallest absolute Gasteiger partial charge is 0.219 e. The van der Waals surface area contributed by atoms with Crippen LogP contribution in [0.15, 0.2) is 12.4 Å². The zero-order chi connectivity index (χ0) is 16.1. The molecule has 2 saturated heterocycles. The number of piperidine rings is 1. The molecule has 23 heavy (non-hydrogen) atoms. The first-order chi connectivity index (χ1) is 11.2. The van der Waals surface area contributed by atoms with Gasteiger partial charge in [-0.1, -0.05) is 0 Å². The second-order valence-electron chi connectivity index (χ2n) is 6.15. The number of hydrogen-bond acceptors (Lipinski definition) is 6. The fourth-order valence-electron chi connectivity index (χ4n) is 3.09. The van der Waals surface area contributed by atoms with E-state index in [1.165, 1.54) is 19.3 Å². The molecule has 1 aromatic heterocycles. The number of carbonyl (C=O) groups is 1. The molecule has 0 aliphatic carbocycles. The predicted molar refractivity (Wildman–Crippen MR) is 88.6 cm³/mol. The van der Waals surface area contributed by atoms with Crippen LogP contribution in [0, 0.1) is 0 Å². The maximum absolute atomic E-state index is 11.5. The molecule has 126 valence electrons. The summed E-state index contributed by atoms with van der Waals surface area (Å²) in [6, 6.07) is 2.00. The Morgan fingerprint density at radius 3 is 2.91 bits per heavy atom. The summed E-state index contributed by atoms with van der Waals surface area (Å²) in [5.41, 5.74) is 0. The van der Waals surface area contributed by atoms with Gasteiger partial charge in [-0.15, -0.1) is 0 Å². The van der Waals surface area contributed by atoms with E-state index in [1.807, 2.05) is 11.0 Å². The Labute approximate surface area is 137 Å². The van der Waals surface area contributed by atoms with Crippen LogP contribution in [0.3, 0.4) is 0 Å². The van der Waals surface area contributed by atoms with Crippen LogP contribution in [0.1, 0.15) is 26.2 Å². The zero-order valence-corrected chi connectivity index (χ0v) is 13.7. The fraction of sp³-hybridized carbons (Fsp3) is 0.688. The van der Waals surface area contributed by atoms with Gasteiger partial charge < -0.3 is 19.9 Å². The molecular formula is C16H25N5O2. The summed E-state index contributed by atoms with van der Waals surface area (Å²) < 4.78 is 5.72. The highest BCUT2D eigenvalue weighted by atomic mass is 16.5. The first-order valence-corrected chi connectivity index (χ1v) is 8.40. The number of aromatic nitrogens is 2. The van der Waals surface area contributed by atoms with Crippen molar-refractivity contribution in [1.29, 1.82) is 0 Å². The van der Waals surface area contributed by atoms with Crippen LogP contribution in [-0.4, -0.2) is 66.2 Å². The largest absolute Gasteiger partial charge is 0.373 e. The average molecular weight is 319 g/mol. The molecule has 1 aromatic rings. The quantitative estimate of drug-likeness (QED) is 0.897. The number of hydrogen-bond donors (Lipinski definition) is 1. The molecule has 0 saturated carbocycles. The number of nitrogens with one attached hydrogen (secondary N) is 1. The van der Waals surface area contributed by atoms with Gasteiger partial charge >= 0.3 is 0 Å². The van der Waals surface area contributed by atoms with E-state index >= 15 is 0 Å². The standard InChI is InChI=1S/C16H25N5O2/c1-13(22)21-7-8-23-14(11-21)10-17-15-9-16(19-12-18-15)20-5-3-2-4-6-20/h9,12,14H,2-8,10-11H2,1H3,(H,17,18,19)/t14-/m0/s1. The first-order valence-electron chi connectivity index (χ1n) is 8.40. The van der Waals surface area contributed by atoms with E-state index in [2.05, 4.69) is 20.2 Å². The maximum Gasteiger partial charge on any atom is 0.219 e. The molecule has 1 atom stereocenters. The van der Waals surface area contributed by atoms with Crippen LogP contribution in [0.4, 0.5) is 11.6 Å². The lowest BCUT2D eigenvalue weighted by molar-refractivity contribution is -0.135. The van der Waals surface area contributed by atoms with Crippen molar-refractivity contribution in [3.05, 3.63) is 12.4 Å². The van der Waals surface area contributed by atoms with E-state index in [0.717, 1.165) is 24.7 Å². The van der Waals surface area contributed by atoms with E-state index in [-0.39, 0.29) is 12.0 Å². The van der Waals surface area contributed by atoms with Gasteiger partial charge in [-0.3, -0.25) is 4.79 Å². The lowest BCUT2D eigenvalue weighted by Gasteiger charge is -2.32. The van der Waals surface area contributed by atoms with Gasteiger partial charge in [-0.2, -0.15) is 0 Å². The van der Waals surface area contributed by atoms with Gasteiger partial charge in [0.25, 0.3) is 0 Å². The van der Waals surface area contributed by atoms with Crippen LogP contribution in [0.5, 0.6) is 0 Å². The minimum atomic E-state index is 0.000974. The number of nitrogens with zero attached hydrogens (tertiary/aromatic N) is 4. The van der Waals surface area contributed by atoms with Gasteiger partial charge in [-0.25, -0.2) is 9.97 Å². The Bertz CT molecular complexity index is 533. The SMILES string of the molecule is CC(=O)N1CCO[C@@H](CNc2cc(N3CCCCC3)ncn2)C1. The van der Waals surface area contributed by atoms with Crippen molar-refractivity contribution in [3.63, 3.8) is 0 Å². The van der Waals surface area contributed by atoms with E-state index in [4.69, 9.17) is 4.74 Å². The number of anilines is 2.